The van der Waals surface area contributed by atoms with Gasteiger partial charge in [0.25, 0.3) is 0 Å². The molecule has 2 aromatic carbocycles. The highest BCUT2D eigenvalue weighted by Gasteiger charge is 2.22. The second-order valence-corrected chi connectivity index (χ2v) is 9.36. The molecule has 1 atom stereocenters. The van der Waals surface area contributed by atoms with Crippen molar-refractivity contribution in [3.8, 4) is 11.4 Å². The Morgan fingerprint density at radius 1 is 1.22 bits per heavy atom. The number of fused-ring (bicyclic) bond motifs is 1. The lowest BCUT2D eigenvalue weighted by Crippen LogP contribution is -2.18. The second-order valence-electron chi connectivity index (χ2n) is 7.38. The average molecular weight is 470 g/mol. The molecule has 10 heteroatoms. The second kappa shape index (κ2) is 9.35. The first-order valence-electron chi connectivity index (χ1n) is 10.2. The number of para-hydroxylation sites is 1. The normalized spacial score (nSPS) is 16.0. The number of nitrogens with one attached hydrogen (secondary N) is 1. The summed E-state index contributed by atoms with van der Waals surface area (Å²) in [5, 5.41) is 12.7. The monoisotopic (exact) mass is 469 g/mol. The number of thiazole rings is 1. The number of rotatable bonds is 7. The first-order chi connectivity index (χ1) is 15.7. The molecule has 0 aliphatic carbocycles. The molecule has 3 heterocycles. The van der Waals surface area contributed by atoms with Crippen molar-refractivity contribution in [2.45, 2.75) is 30.6 Å². The molecule has 0 spiro atoms. The van der Waals surface area contributed by atoms with Crippen molar-refractivity contribution >= 4 is 44.4 Å². The fourth-order valence-corrected chi connectivity index (χ4v) is 5.21. The van der Waals surface area contributed by atoms with Crippen molar-refractivity contribution in [1.82, 2.24) is 19.7 Å². The lowest BCUT2D eigenvalue weighted by atomic mass is 10.2. The lowest BCUT2D eigenvalue weighted by molar-refractivity contribution is -0.113. The number of nitrogens with zero attached hydrogens (tertiary/aromatic N) is 4. The van der Waals surface area contributed by atoms with Crippen LogP contribution < -0.4 is 5.32 Å². The Labute approximate surface area is 192 Å². The van der Waals surface area contributed by atoms with Gasteiger partial charge in [-0.25, -0.2) is 9.37 Å². The first-order valence-corrected chi connectivity index (χ1v) is 12.0. The molecule has 32 heavy (non-hydrogen) atoms. The van der Waals surface area contributed by atoms with E-state index < -0.39 is 0 Å². The van der Waals surface area contributed by atoms with Crippen molar-refractivity contribution in [1.29, 1.82) is 0 Å². The largest absolute Gasteiger partial charge is 0.376 e. The van der Waals surface area contributed by atoms with Crippen molar-refractivity contribution in [3.63, 3.8) is 0 Å². The van der Waals surface area contributed by atoms with Crippen LogP contribution in [0.1, 0.15) is 12.8 Å². The van der Waals surface area contributed by atoms with E-state index in [9.17, 15) is 9.18 Å². The van der Waals surface area contributed by atoms with Gasteiger partial charge in [0.1, 0.15) is 5.82 Å². The van der Waals surface area contributed by atoms with Gasteiger partial charge in [-0.1, -0.05) is 35.2 Å². The molecule has 5 rings (SSSR count). The minimum atomic E-state index is -0.306. The van der Waals surface area contributed by atoms with Crippen molar-refractivity contribution in [3.05, 3.63) is 54.3 Å². The molecule has 0 radical (unpaired) electrons. The third kappa shape index (κ3) is 4.67. The number of halogens is 1. The zero-order chi connectivity index (χ0) is 21.9. The Hall–Kier alpha value is -2.82. The highest BCUT2D eigenvalue weighted by molar-refractivity contribution is 7.99. The molecule has 164 valence electrons. The van der Waals surface area contributed by atoms with E-state index in [1.165, 1.54) is 35.2 Å². The summed E-state index contributed by atoms with van der Waals surface area (Å²) in [5.41, 5.74) is 1.63. The molecule has 4 aromatic rings. The van der Waals surface area contributed by atoms with Crippen LogP contribution in [-0.2, 0) is 16.1 Å². The third-order valence-corrected chi connectivity index (χ3v) is 7.02. The molecule has 1 fully saturated rings. The summed E-state index contributed by atoms with van der Waals surface area (Å²) in [6.45, 7) is 1.33. The molecular formula is C22H20FN5O2S2. The number of thioether (sulfide) groups is 1. The van der Waals surface area contributed by atoms with Gasteiger partial charge in [0.05, 0.1) is 28.6 Å². The summed E-state index contributed by atoms with van der Waals surface area (Å²) in [6, 6.07) is 13.9. The number of anilines is 1. The molecule has 1 amide bonds. The maximum Gasteiger partial charge on any atom is 0.236 e. The van der Waals surface area contributed by atoms with Gasteiger partial charge in [0.2, 0.25) is 5.91 Å². The Bertz CT molecular complexity index is 1200. The number of aromatic nitrogens is 4. The number of hydrogen-bond donors (Lipinski definition) is 1. The fourth-order valence-electron chi connectivity index (χ4n) is 3.58. The SMILES string of the molecule is O=C(CSc1nnc(-c2ccc(F)cc2)n1C[C@@H]1CCCO1)Nc1nc2ccccc2s1. The van der Waals surface area contributed by atoms with Gasteiger partial charge < -0.3 is 10.1 Å². The van der Waals surface area contributed by atoms with E-state index in [1.807, 2.05) is 28.8 Å². The highest BCUT2D eigenvalue weighted by Crippen LogP contribution is 2.28. The van der Waals surface area contributed by atoms with Gasteiger partial charge >= 0.3 is 0 Å². The lowest BCUT2D eigenvalue weighted by Gasteiger charge is -2.14. The number of benzene rings is 2. The molecule has 7 nitrogen and oxygen atoms in total. The number of hydrogen-bond acceptors (Lipinski definition) is 7. The maximum atomic E-state index is 13.4. The number of carbonyl (C=O) groups is 1. The van der Waals surface area contributed by atoms with E-state index >= 15 is 0 Å². The van der Waals surface area contributed by atoms with E-state index in [0.29, 0.717) is 22.7 Å². The zero-order valence-corrected chi connectivity index (χ0v) is 18.7. The van der Waals surface area contributed by atoms with Gasteiger partial charge in [-0.05, 0) is 49.2 Å². The summed E-state index contributed by atoms with van der Waals surface area (Å²) >= 11 is 2.75. The van der Waals surface area contributed by atoms with Crippen LogP contribution in [0.2, 0.25) is 0 Å². The van der Waals surface area contributed by atoms with Gasteiger partial charge in [-0.15, -0.1) is 10.2 Å². The highest BCUT2D eigenvalue weighted by atomic mass is 32.2. The minimum Gasteiger partial charge on any atom is -0.376 e. The number of amides is 1. The Balaban J connectivity index is 1.31. The standard InChI is InChI=1S/C22H20FN5O2S2/c23-15-9-7-14(8-10-15)20-26-27-22(28(20)12-16-4-3-11-30-16)31-13-19(29)25-21-24-17-5-1-2-6-18(17)32-21/h1-2,5-10,16H,3-4,11-13H2,(H,24,25,29)/t16-/m0/s1. The molecular weight excluding hydrogens is 449 g/mol. The van der Waals surface area contributed by atoms with Crippen molar-refractivity contribution in [2.75, 3.05) is 17.7 Å². The summed E-state index contributed by atoms with van der Waals surface area (Å²) < 4.78 is 22.2. The van der Waals surface area contributed by atoms with Crippen LogP contribution in [0, 0.1) is 5.82 Å². The smallest absolute Gasteiger partial charge is 0.236 e. The summed E-state index contributed by atoms with van der Waals surface area (Å²) in [6.07, 6.45) is 2.05. The van der Waals surface area contributed by atoms with Crippen molar-refractivity contribution in [2.24, 2.45) is 0 Å². The third-order valence-electron chi connectivity index (χ3n) is 5.10. The number of carbonyl (C=O) groups excluding carboxylic acids is 1. The van der Waals surface area contributed by atoms with Crippen molar-refractivity contribution < 1.29 is 13.9 Å². The minimum absolute atomic E-state index is 0.0705. The van der Waals surface area contributed by atoms with Crippen LogP contribution in [0.3, 0.4) is 0 Å². The molecule has 0 bridgehead atoms. The molecule has 2 aromatic heterocycles. The Morgan fingerprint density at radius 3 is 2.84 bits per heavy atom. The van der Waals surface area contributed by atoms with Gasteiger partial charge in [-0.3, -0.25) is 9.36 Å². The summed E-state index contributed by atoms with van der Waals surface area (Å²) in [7, 11) is 0. The maximum absolute atomic E-state index is 13.4. The van der Waals surface area contributed by atoms with E-state index in [0.717, 1.165) is 35.2 Å². The Morgan fingerprint density at radius 2 is 2.06 bits per heavy atom. The van der Waals surface area contributed by atoms with E-state index in [2.05, 4.69) is 20.5 Å². The van der Waals surface area contributed by atoms with Crippen LogP contribution in [-0.4, -0.2) is 44.1 Å². The first kappa shape index (κ1) is 21.0. The topological polar surface area (TPSA) is 81.9 Å². The molecule has 1 aliphatic heterocycles. The van der Waals surface area contributed by atoms with Crippen LogP contribution in [0.25, 0.3) is 21.6 Å². The molecule has 1 saturated heterocycles. The molecule has 0 saturated carbocycles. The van der Waals surface area contributed by atoms with Crippen LogP contribution in [0.5, 0.6) is 0 Å². The summed E-state index contributed by atoms with van der Waals surface area (Å²) in [4.78, 5) is 17.0. The van der Waals surface area contributed by atoms with Crippen LogP contribution in [0.4, 0.5) is 9.52 Å². The number of ether oxygens (including phenoxy) is 1. The van der Waals surface area contributed by atoms with Gasteiger partial charge in [0, 0.05) is 12.2 Å². The van der Waals surface area contributed by atoms with Crippen LogP contribution >= 0.6 is 23.1 Å². The van der Waals surface area contributed by atoms with Gasteiger partial charge in [-0.2, -0.15) is 0 Å². The van der Waals surface area contributed by atoms with Crippen LogP contribution in [0.15, 0.2) is 53.7 Å². The van der Waals surface area contributed by atoms with E-state index in [4.69, 9.17) is 4.74 Å². The molecule has 1 aliphatic rings. The predicted molar refractivity (Wildman–Crippen MR) is 123 cm³/mol. The Kier molecular flexibility index (Phi) is 6.15. The average Bonchev–Trinajstić information content (AvgIpc) is 3.53. The zero-order valence-electron chi connectivity index (χ0n) is 17.0. The predicted octanol–water partition coefficient (Wildman–Crippen LogP) is 4.60. The molecule has 0 unspecified atom stereocenters. The van der Waals surface area contributed by atoms with E-state index in [-0.39, 0.29) is 23.6 Å². The summed E-state index contributed by atoms with van der Waals surface area (Å²) in [5.74, 6) is 0.335. The van der Waals surface area contributed by atoms with Gasteiger partial charge in [0.15, 0.2) is 16.1 Å². The fraction of sp³-hybridized carbons (Fsp3) is 0.273. The quantitative estimate of drug-likeness (QED) is 0.398. The van der Waals surface area contributed by atoms with E-state index in [1.54, 1.807) is 12.1 Å². The molecule has 1 N–H and O–H groups in total.